The van der Waals surface area contributed by atoms with Gasteiger partial charge in [0.15, 0.2) is 11.4 Å². The number of ketones is 2. The standard InChI is InChI=1S/C15H20O5/c1-5-6-7-12(17)11-8-15(4,20-10(3)16)14(19)9(2)13(11)18/h8,18H,5-7H2,1-4H3/t15-/m0/s1. The molecule has 0 aromatic rings. The van der Waals surface area contributed by atoms with E-state index < -0.39 is 17.4 Å². The number of aliphatic hydroxyl groups excluding tert-OH is 1. The molecular formula is C15H20O5. The minimum Gasteiger partial charge on any atom is -0.507 e. The Morgan fingerprint density at radius 1 is 1.40 bits per heavy atom. The fraction of sp³-hybridized carbons (Fsp3) is 0.533. The maximum atomic E-state index is 12.1. The second kappa shape index (κ2) is 6.03. The summed E-state index contributed by atoms with van der Waals surface area (Å²) in [5.41, 5.74) is -1.44. The molecule has 0 aromatic heterocycles. The van der Waals surface area contributed by atoms with Crippen LogP contribution in [0.2, 0.25) is 0 Å². The van der Waals surface area contributed by atoms with Crippen LogP contribution in [-0.4, -0.2) is 28.2 Å². The Bertz CT molecular complexity index is 512. The molecule has 1 rings (SSSR count). The molecule has 0 fully saturated rings. The van der Waals surface area contributed by atoms with E-state index >= 15 is 0 Å². The van der Waals surface area contributed by atoms with Gasteiger partial charge in [0.1, 0.15) is 5.76 Å². The smallest absolute Gasteiger partial charge is 0.303 e. The average molecular weight is 280 g/mol. The van der Waals surface area contributed by atoms with E-state index in [1.54, 1.807) is 0 Å². The van der Waals surface area contributed by atoms with Gasteiger partial charge in [0, 0.05) is 18.9 Å². The minimum atomic E-state index is -1.53. The highest BCUT2D eigenvalue weighted by molar-refractivity contribution is 6.11. The molecule has 0 aliphatic heterocycles. The second-order valence-corrected chi connectivity index (χ2v) is 5.09. The van der Waals surface area contributed by atoms with Crippen LogP contribution in [0, 0.1) is 0 Å². The van der Waals surface area contributed by atoms with Gasteiger partial charge in [-0.15, -0.1) is 0 Å². The fourth-order valence-electron chi connectivity index (χ4n) is 2.15. The zero-order valence-electron chi connectivity index (χ0n) is 12.3. The molecule has 0 saturated heterocycles. The van der Waals surface area contributed by atoms with Crippen LogP contribution in [0.4, 0.5) is 0 Å². The molecule has 0 heterocycles. The number of unbranched alkanes of at least 4 members (excludes halogenated alkanes) is 1. The number of Topliss-reactive ketones (excluding diaryl/α,β-unsaturated/α-hetero) is 2. The van der Waals surface area contributed by atoms with Gasteiger partial charge < -0.3 is 9.84 Å². The number of ether oxygens (including phenoxy) is 1. The van der Waals surface area contributed by atoms with Crippen LogP contribution in [0.15, 0.2) is 23.0 Å². The van der Waals surface area contributed by atoms with Gasteiger partial charge in [0.25, 0.3) is 0 Å². The summed E-state index contributed by atoms with van der Waals surface area (Å²) in [5, 5.41) is 9.97. The van der Waals surface area contributed by atoms with Crippen molar-refractivity contribution in [1.82, 2.24) is 0 Å². The first-order valence-corrected chi connectivity index (χ1v) is 6.63. The summed E-state index contributed by atoms with van der Waals surface area (Å²) in [5.74, 6) is -1.71. The summed E-state index contributed by atoms with van der Waals surface area (Å²) >= 11 is 0. The zero-order chi connectivity index (χ0) is 15.5. The Kier molecular flexibility index (Phi) is 4.87. The van der Waals surface area contributed by atoms with Crippen molar-refractivity contribution in [2.45, 2.75) is 52.6 Å². The Labute approximate surface area is 118 Å². The average Bonchev–Trinajstić information content (AvgIpc) is 2.37. The normalized spacial score (nSPS) is 22.6. The topological polar surface area (TPSA) is 80.7 Å². The minimum absolute atomic E-state index is 0.0381. The Balaban J connectivity index is 3.19. The van der Waals surface area contributed by atoms with Crippen LogP contribution in [0.25, 0.3) is 0 Å². The fourth-order valence-corrected chi connectivity index (χ4v) is 2.15. The number of aliphatic hydroxyl groups is 1. The van der Waals surface area contributed by atoms with Gasteiger partial charge in [-0.2, -0.15) is 0 Å². The summed E-state index contributed by atoms with van der Waals surface area (Å²) in [6.07, 6.45) is 3.07. The summed E-state index contributed by atoms with van der Waals surface area (Å²) in [6.45, 7) is 5.98. The van der Waals surface area contributed by atoms with Crippen molar-refractivity contribution in [3.05, 3.63) is 23.0 Å². The quantitative estimate of drug-likeness (QED) is 0.782. The van der Waals surface area contributed by atoms with E-state index in [0.717, 1.165) is 6.42 Å². The van der Waals surface area contributed by atoms with Crippen LogP contribution in [0.5, 0.6) is 0 Å². The Morgan fingerprint density at radius 2 is 2.00 bits per heavy atom. The first-order chi connectivity index (χ1) is 9.23. The summed E-state index contributed by atoms with van der Waals surface area (Å²) < 4.78 is 5.03. The monoisotopic (exact) mass is 280 g/mol. The van der Waals surface area contributed by atoms with Crippen LogP contribution >= 0.6 is 0 Å². The molecule has 110 valence electrons. The molecule has 0 bridgehead atoms. The van der Waals surface area contributed by atoms with Gasteiger partial charge >= 0.3 is 5.97 Å². The molecule has 0 unspecified atom stereocenters. The lowest BCUT2D eigenvalue weighted by atomic mass is 9.83. The first-order valence-electron chi connectivity index (χ1n) is 6.63. The molecule has 0 saturated carbocycles. The number of hydrogen-bond donors (Lipinski definition) is 1. The maximum absolute atomic E-state index is 12.1. The van der Waals surface area contributed by atoms with Gasteiger partial charge in [-0.05, 0) is 26.3 Å². The molecule has 1 aliphatic rings. The van der Waals surface area contributed by atoms with Gasteiger partial charge in [0.05, 0.1) is 5.57 Å². The van der Waals surface area contributed by atoms with Crippen LogP contribution < -0.4 is 0 Å². The largest absolute Gasteiger partial charge is 0.507 e. The molecule has 5 nitrogen and oxygen atoms in total. The lowest BCUT2D eigenvalue weighted by Crippen LogP contribution is -2.42. The lowest BCUT2D eigenvalue weighted by molar-refractivity contribution is -0.157. The molecule has 1 N–H and O–H groups in total. The second-order valence-electron chi connectivity index (χ2n) is 5.09. The van der Waals surface area contributed by atoms with Gasteiger partial charge in [0.2, 0.25) is 5.78 Å². The summed E-state index contributed by atoms with van der Waals surface area (Å²) in [7, 11) is 0. The van der Waals surface area contributed by atoms with Crippen LogP contribution in [-0.2, 0) is 19.1 Å². The number of rotatable bonds is 5. The molecule has 5 heteroatoms. The van der Waals surface area contributed by atoms with Crippen LogP contribution in [0.1, 0.15) is 47.0 Å². The number of carbonyl (C=O) groups excluding carboxylic acids is 3. The Morgan fingerprint density at radius 3 is 2.50 bits per heavy atom. The number of allylic oxidation sites excluding steroid dienone is 1. The molecule has 1 aliphatic carbocycles. The van der Waals surface area contributed by atoms with Crippen molar-refractivity contribution in [3.8, 4) is 0 Å². The molecule has 0 aromatic carbocycles. The predicted octanol–water partition coefficient (Wildman–Crippen LogP) is 2.41. The third-order valence-electron chi connectivity index (χ3n) is 3.24. The molecule has 1 atom stereocenters. The third kappa shape index (κ3) is 3.15. The third-order valence-corrected chi connectivity index (χ3v) is 3.24. The van der Waals surface area contributed by atoms with Crippen molar-refractivity contribution < 1.29 is 24.2 Å². The summed E-state index contributed by atoms with van der Waals surface area (Å²) in [6, 6.07) is 0. The van der Waals surface area contributed by atoms with E-state index in [1.807, 2.05) is 6.92 Å². The highest BCUT2D eigenvalue weighted by atomic mass is 16.6. The Hall–Kier alpha value is -1.91. The van der Waals surface area contributed by atoms with E-state index in [2.05, 4.69) is 0 Å². The van der Waals surface area contributed by atoms with E-state index in [-0.39, 0.29) is 29.1 Å². The van der Waals surface area contributed by atoms with E-state index in [9.17, 15) is 19.5 Å². The molecule has 20 heavy (non-hydrogen) atoms. The van der Waals surface area contributed by atoms with Crippen molar-refractivity contribution in [3.63, 3.8) is 0 Å². The first kappa shape index (κ1) is 16.1. The molecule has 0 radical (unpaired) electrons. The maximum Gasteiger partial charge on any atom is 0.303 e. The van der Waals surface area contributed by atoms with Gasteiger partial charge in [-0.3, -0.25) is 14.4 Å². The molecule has 0 spiro atoms. The van der Waals surface area contributed by atoms with Crippen molar-refractivity contribution in [2.75, 3.05) is 0 Å². The predicted molar refractivity (Wildman–Crippen MR) is 73.1 cm³/mol. The zero-order valence-corrected chi connectivity index (χ0v) is 12.3. The molecular weight excluding hydrogens is 260 g/mol. The lowest BCUT2D eigenvalue weighted by Gasteiger charge is -2.29. The summed E-state index contributed by atoms with van der Waals surface area (Å²) in [4.78, 5) is 35.3. The van der Waals surface area contributed by atoms with E-state index in [4.69, 9.17) is 4.74 Å². The van der Waals surface area contributed by atoms with E-state index in [1.165, 1.54) is 26.8 Å². The highest BCUT2D eigenvalue weighted by Crippen LogP contribution is 2.31. The van der Waals surface area contributed by atoms with Crippen molar-refractivity contribution in [1.29, 1.82) is 0 Å². The van der Waals surface area contributed by atoms with Crippen molar-refractivity contribution >= 4 is 17.5 Å². The SMILES string of the molecule is CCCCC(=O)C1=C[C@](C)(OC(C)=O)C(=O)C(C)=C1O. The van der Waals surface area contributed by atoms with Gasteiger partial charge in [-0.1, -0.05) is 13.3 Å². The van der Waals surface area contributed by atoms with Crippen molar-refractivity contribution in [2.24, 2.45) is 0 Å². The highest BCUT2D eigenvalue weighted by Gasteiger charge is 2.42. The molecule has 0 amide bonds. The number of esters is 1. The number of carbonyl (C=O) groups is 3. The van der Waals surface area contributed by atoms with Gasteiger partial charge in [-0.25, -0.2) is 0 Å². The van der Waals surface area contributed by atoms with E-state index in [0.29, 0.717) is 6.42 Å². The number of hydrogen-bond acceptors (Lipinski definition) is 5. The van der Waals surface area contributed by atoms with Crippen LogP contribution in [0.3, 0.4) is 0 Å².